The number of ether oxygens (including phenoxy) is 1. The normalized spacial score (nSPS) is 19.2. The SMILES string of the molecule is COc1c(N)cccc1C(=O)N1CCC(C(C)(C)C)C1. The van der Waals surface area contributed by atoms with Crippen LogP contribution in [0.3, 0.4) is 0 Å². The zero-order valence-electron chi connectivity index (χ0n) is 12.8. The number of hydrogen-bond donors (Lipinski definition) is 1. The van der Waals surface area contributed by atoms with E-state index in [9.17, 15) is 4.79 Å². The van der Waals surface area contributed by atoms with Gasteiger partial charge >= 0.3 is 0 Å². The molecule has 1 aromatic carbocycles. The summed E-state index contributed by atoms with van der Waals surface area (Å²) in [6.45, 7) is 8.30. The Morgan fingerprint density at radius 2 is 2.10 bits per heavy atom. The van der Waals surface area contributed by atoms with E-state index in [0.717, 1.165) is 19.5 Å². The van der Waals surface area contributed by atoms with Gasteiger partial charge in [-0.15, -0.1) is 0 Å². The summed E-state index contributed by atoms with van der Waals surface area (Å²) in [5.74, 6) is 1.04. The molecule has 1 atom stereocenters. The Hall–Kier alpha value is -1.71. The van der Waals surface area contributed by atoms with Crippen molar-refractivity contribution >= 4 is 11.6 Å². The van der Waals surface area contributed by atoms with Gasteiger partial charge in [-0.1, -0.05) is 26.8 Å². The molecular formula is C16H24N2O2. The highest BCUT2D eigenvalue weighted by Crippen LogP contribution is 2.35. The van der Waals surface area contributed by atoms with E-state index >= 15 is 0 Å². The molecule has 0 aliphatic carbocycles. The molecule has 1 amide bonds. The molecule has 1 heterocycles. The van der Waals surface area contributed by atoms with Gasteiger partial charge in [0.2, 0.25) is 0 Å². The van der Waals surface area contributed by atoms with E-state index in [4.69, 9.17) is 10.5 Å². The molecule has 1 unspecified atom stereocenters. The first-order chi connectivity index (χ1) is 9.34. The number of anilines is 1. The molecule has 0 bridgehead atoms. The van der Waals surface area contributed by atoms with Gasteiger partial charge < -0.3 is 15.4 Å². The van der Waals surface area contributed by atoms with Gasteiger partial charge in [-0.05, 0) is 29.9 Å². The van der Waals surface area contributed by atoms with Crippen molar-refractivity contribution in [2.45, 2.75) is 27.2 Å². The largest absolute Gasteiger partial charge is 0.494 e. The van der Waals surface area contributed by atoms with Crippen LogP contribution in [0, 0.1) is 11.3 Å². The lowest BCUT2D eigenvalue weighted by Gasteiger charge is -2.27. The fraction of sp³-hybridized carbons (Fsp3) is 0.562. The van der Waals surface area contributed by atoms with Gasteiger partial charge in [0.25, 0.3) is 5.91 Å². The minimum atomic E-state index is 0.0147. The van der Waals surface area contributed by atoms with Gasteiger partial charge in [-0.3, -0.25) is 4.79 Å². The van der Waals surface area contributed by atoms with Gasteiger partial charge in [-0.2, -0.15) is 0 Å². The third-order valence-corrected chi connectivity index (χ3v) is 4.18. The molecule has 1 aromatic rings. The number of amides is 1. The fourth-order valence-corrected chi connectivity index (χ4v) is 2.77. The Labute approximate surface area is 120 Å². The summed E-state index contributed by atoms with van der Waals surface area (Å²) in [5, 5.41) is 0. The van der Waals surface area contributed by atoms with Crippen LogP contribution in [0.5, 0.6) is 5.75 Å². The molecule has 1 fully saturated rings. The maximum atomic E-state index is 12.6. The molecule has 4 heteroatoms. The maximum absolute atomic E-state index is 12.6. The number of nitrogen functional groups attached to an aromatic ring is 1. The van der Waals surface area contributed by atoms with E-state index in [1.54, 1.807) is 25.3 Å². The Balaban J connectivity index is 2.20. The van der Waals surface area contributed by atoms with Crippen LogP contribution in [0.1, 0.15) is 37.6 Å². The van der Waals surface area contributed by atoms with Crippen molar-refractivity contribution in [3.63, 3.8) is 0 Å². The smallest absolute Gasteiger partial charge is 0.257 e. The highest BCUT2D eigenvalue weighted by atomic mass is 16.5. The second-order valence-electron chi connectivity index (χ2n) is 6.53. The van der Waals surface area contributed by atoms with Crippen molar-refractivity contribution in [2.75, 3.05) is 25.9 Å². The third kappa shape index (κ3) is 2.74. The number of nitrogens with two attached hydrogens (primary N) is 1. The summed E-state index contributed by atoms with van der Waals surface area (Å²) < 4.78 is 5.28. The number of nitrogens with zero attached hydrogens (tertiary/aromatic N) is 1. The summed E-state index contributed by atoms with van der Waals surface area (Å²) in [6.07, 6.45) is 1.06. The number of para-hydroxylation sites is 1. The van der Waals surface area contributed by atoms with Gasteiger partial charge in [0.1, 0.15) is 0 Å². The maximum Gasteiger partial charge on any atom is 0.257 e. The average molecular weight is 276 g/mol. The Bertz CT molecular complexity index is 506. The third-order valence-electron chi connectivity index (χ3n) is 4.18. The predicted octanol–water partition coefficient (Wildman–Crippen LogP) is 2.79. The Morgan fingerprint density at radius 3 is 2.65 bits per heavy atom. The lowest BCUT2D eigenvalue weighted by Crippen LogP contribution is -2.31. The van der Waals surface area contributed by atoms with Crippen LogP contribution < -0.4 is 10.5 Å². The second-order valence-corrected chi connectivity index (χ2v) is 6.53. The number of benzene rings is 1. The van der Waals surface area contributed by atoms with E-state index in [1.165, 1.54) is 0 Å². The van der Waals surface area contributed by atoms with Crippen LogP contribution in [0.2, 0.25) is 0 Å². The minimum absolute atomic E-state index is 0.0147. The van der Waals surface area contributed by atoms with Crippen LogP contribution in [0.4, 0.5) is 5.69 Å². The molecule has 0 spiro atoms. The molecule has 1 aliphatic heterocycles. The first-order valence-electron chi connectivity index (χ1n) is 7.06. The molecule has 0 aromatic heterocycles. The molecule has 0 radical (unpaired) electrons. The van der Waals surface area contributed by atoms with Crippen molar-refractivity contribution in [1.29, 1.82) is 0 Å². The number of methoxy groups -OCH3 is 1. The summed E-state index contributed by atoms with van der Waals surface area (Å²) in [6, 6.07) is 5.32. The van der Waals surface area contributed by atoms with Crippen molar-refractivity contribution in [3.05, 3.63) is 23.8 Å². The molecule has 4 nitrogen and oxygen atoms in total. The van der Waals surface area contributed by atoms with Crippen molar-refractivity contribution < 1.29 is 9.53 Å². The molecule has 2 N–H and O–H groups in total. The highest BCUT2D eigenvalue weighted by molar-refractivity contribution is 5.98. The number of hydrogen-bond acceptors (Lipinski definition) is 3. The lowest BCUT2D eigenvalue weighted by atomic mass is 9.80. The second kappa shape index (κ2) is 5.35. The highest BCUT2D eigenvalue weighted by Gasteiger charge is 2.34. The molecular weight excluding hydrogens is 252 g/mol. The van der Waals surface area contributed by atoms with Crippen LogP contribution in [-0.4, -0.2) is 31.0 Å². The van der Waals surface area contributed by atoms with Crippen LogP contribution >= 0.6 is 0 Å². The van der Waals surface area contributed by atoms with Gasteiger partial charge in [-0.25, -0.2) is 0 Å². The molecule has 110 valence electrons. The zero-order valence-corrected chi connectivity index (χ0v) is 12.8. The number of carbonyl (C=O) groups excluding carboxylic acids is 1. The van der Waals surface area contributed by atoms with Gasteiger partial charge in [0, 0.05) is 13.1 Å². The average Bonchev–Trinajstić information content (AvgIpc) is 2.87. The lowest BCUT2D eigenvalue weighted by molar-refractivity contribution is 0.0773. The number of carbonyl (C=O) groups is 1. The van der Waals surface area contributed by atoms with E-state index in [1.807, 2.05) is 4.90 Å². The number of rotatable bonds is 2. The van der Waals surface area contributed by atoms with E-state index in [2.05, 4.69) is 20.8 Å². The molecule has 1 aliphatic rings. The Kier molecular flexibility index (Phi) is 3.93. The van der Waals surface area contributed by atoms with Crippen molar-refractivity contribution in [1.82, 2.24) is 4.90 Å². The van der Waals surface area contributed by atoms with Crippen LogP contribution in [0.25, 0.3) is 0 Å². The molecule has 0 saturated carbocycles. The number of likely N-dealkylation sites (tertiary alicyclic amines) is 1. The van der Waals surface area contributed by atoms with E-state index in [-0.39, 0.29) is 11.3 Å². The quantitative estimate of drug-likeness (QED) is 0.845. The van der Waals surface area contributed by atoms with Crippen LogP contribution in [-0.2, 0) is 0 Å². The predicted molar refractivity (Wildman–Crippen MR) is 80.9 cm³/mol. The first kappa shape index (κ1) is 14.7. The monoisotopic (exact) mass is 276 g/mol. The first-order valence-corrected chi connectivity index (χ1v) is 7.06. The minimum Gasteiger partial charge on any atom is -0.494 e. The molecule has 20 heavy (non-hydrogen) atoms. The fourth-order valence-electron chi connectivity index (χ4n) is 2.77. The van der Waals surface area contributed by atoms with Gasteiger partial charge in [0.15, 0.2) is 5.75 Å². The topological polar surface area (TPSA) is 55.6 Å². The van der Waals surface area contributed by atoms with Gasteiger partial charge in [0.05, 0.1) is 18.4 Å². The summed E-state index contributed by atoms with van der Waals surface area (Å²) in [7, 11) is 1.55. The van der Waals surface area contributed by atoms with Crippen molar-refractivity contribution in [3.8, 4) is 5.75 Å². The molecule has 2 rings (SSSR count). The Morgan fingerprint density at radius 1 is 1.40 bits per heavy atom. The van der Waals surface area contributed by atoms with Crippen LogP contribution in [0.15, 0.2) is 18.2 Å². The summed E-state index contributed by atoms with van der Waals surface area (Å²) in [4.78, 5) is 14.6. The van der Waals surface area contributed by atoms with E-state index in [0.29, 0.717) is 22.9 Å². The summed E-state index contributed by atoms with van der Waals surface area (Å²) >= 11 is 0. The van der Waals surface area contributed by atoms with E-state index < -0.39 is 0 Å². The molecule has 1 saturated heterocycles. The van der Waals surface area contributed by atoms with Crippen molar-refractivity contribution in [2.24, 2.45) is 11.3 Å². The summed E-state index contributed by atoms with van der Waals surface area (Å²) in [5.41, 5.74) is 7.16. The zero-order chi connectivity index (χ0) is 14.9. The standard InChI is InChI=1S/C16H24N2O2/c1-16(2,3)11-8-9-18(10-11)15(19)12-6-5-7-13(17)14(12)20-4/h5-7,11H,8-10,17H2,1-4H3.